The van der Waals surface area contributed by atoms with Crippen LogP contribution in [-0.4, -0.2) is 47.6 Å². The lowest BCUT2D eigenvalue weighted by Gasteiger charge is -2.25. The maximum absolute atomic E-state index is 15.2. The van der Waals surface area contributed by atoms with E-state index in [1.807, 2.05) is 0 Å². The fourth-order valence-corrected chi connectivity index (χ4v) is 3.92. The number of nitrogens with two attached hydrogens (primary N) is 1. The van der Waals surface area contributed by atoms with Crippen LogP contribution in [0.3, 0.4) is 0 Å². The highest BCUT2D eigenvalue weighted by Crippen LogP contribution is 2.46. The number of nitrogens with zero attached hydrogens (tertiary/aromatic N) is 2. The van der Waals surface area contributed by atoms with Gasteiger partial charge in [-0.25, -0.2) is 13.6 Å². The Kier molecular flexibility index (Phi) is 4.20. The number of hydrogen-bond acceptors (Lipinski definition) is 5. The Bertz CT molecular complexity index is 1130. The van der Waals surface area contributed by atoms with Gasteiger partial charge in [-0.1, -0.05) is 6.58 Å². The van der Waals surface area contributed by atoms with Crippen LogP contribution in [0.2, 0.25) is 0 Å². The smallest absolute Gasteiger partial charge is 0.341 e. The molecule has 3 atom stereocenters. The number of aromatic nitrogens is 1. The van der Waals surface area contributed by atoms with E-state index in [-0.39, 0.29) is 35.3 Å². The number of hydrogen-bond donors (Lipinski definition) is 2. The summed E-state index contributed by atoms with van der Waals surface area (Å²) in [6, 6.07) is 0.347. The number of alkyl halides is 1. The molecule has 0 amide bonds. The Hall–Kier alpha value is -2.94. The molecule has 3 N–H and O–H groups in total. The van der Waals surface area contributed by atoms with Crippen molar-refractivity contribution in [3.63, 3.8) is 0 Å². The van der Waals surface area contributed by atoms with E-state index in [9.17, 15) is 19.1 Å². The Balaban J connectivity index is 2.05. The quantitative estimate of drug-likeness (QED) is 0.757. The molecule has 1 aliphatic carbocycles. The van der Waals surface area contributed by atoms with E-state index in [4.69, 9.17) is 10.5 Å². The third-order valence-corrected chi connectivity index (χ3v) is 5.70. The number of pyridine rings is 1. The van der Waals surface area contributed by atoms with Gasteiger partial charge in [0.2, 0.25) is 5.43 Å². The van der Waals surface area contributed by atoms with Crippen molar-refractivity contribution in [2.45, 2.75) is 31.1 Å². The first-order chi connectivity index (χ1) is 13.6. The zero-order chi connectivity index (χ0) is 21.2. The van der Waals surface area contributed by atoms with E-state index in [1.165, 1.54) is 11.7 Å². The van der Waals surface area contributed by atoms with Crippen LogP contribution in [-0.2, 0) is 0 Å². The second-order valence-electron chi connectivity index (χ2n) is 7.92. The highest BCUT2D eigenvalue weighted by molar-refractivity contribution is 5.97. The summed E-state index contributed by atoms with van der Waals surface area (Å²) >= 11 is 0. The number of fused-ring (bicyclic) bond motifs is 1. The molecule has 0 spiro atoms. The fraction of sp³-hybridized carbons (Fsp3) is 0.400. The van der Waals surface area contributed by atoms with Crippen molar-refractivity contribution in [2.24, 2.45) is 5.73 Å². The number of ether oxygens (including phenoxy) is 1. The van der Waals surface area contributed by atoms with Crippen molar-refractivity contribution in [1.29, 1.82) is 0 Å². The van der Waals surface area contributed by atoms with Crippen LogP contribution in [0.4, 0.5) is 14.5 Å². The van der Waals surface area contributed by atoms with Gasteiger partial charge in [0.05, 0.1) is 29.6 Å². The summed E-state index contributed by atoms with van der Waals surface area (Å²) in [6.45, 7) is 6.29. The van der Waals surface area contributed by atoms with Gasteiger partial charge < -0.3 is 25.0 Å². The molecular formula is C20H21F2N3O4. The largest absolute Gasteiger partial charge is 0.492 e. The lowest BCUT2D eigenvalue weighted by molar-refractivity contribution is 0.0694. The van der Waals surface area contributed by atoms with Gasteiger partial charge in [-0.15, -0.1) is 0 Å². The summed E-state index contributed by atoms with van der Waals surface area (Å²) in [5.41, 5.74) is 5.05. The second kappa shape index (κ2) is 6.28. The number of methoxy groups -OCH3 is 1. The van der Waals surface area contributed by atoms with Gasteiger partial charge in [0.1, 0.15) is 17.4 Å². The number of benzene rings is 1. The third kappa shape index (κ3) is 2.88. The molecule has 1 aromatic carbocycles. The van der Waals surface area contributed by atoms with E-state index in [1.54, 1.807) is 11.8 Å². The summed E-state index contributed by atoms with van der Waals surface area (Å²) in [5.74, 6) is -2.17. The minimum absolute atomic E-state index is 0.0404. The molecule has 1 saturated heterocycles. The molecule has 29 heavy (non-hydrogen) atoms. The molecule has 1 aromatic heterocycles. The highest BCUT2D eigenvalue weighted by Gasteiger charge is 2.42. The van der Waals surface area contributed by atoms with Gasteiger partial charge in [0, 0.05) is 25.7 Å². The monoisotopic (exact) mass is 405 g/mol. The highest BCUT2D eigenvalue weighted by atomic mass is 19.1. The molecule has 9 heteroatoms. The Morgan fingerprint density at radius 2 is 2.14 bits per heavy atom. The standard InChI is InChI=1S/C20H21F2N3O4/c1-9-6-24(8-20(9,2)23)16-13(22)4-10-15(18(16)29-3)25(14-5-12(14)21)7-11(17(10)26)19(27)28/h4,7,12,14H,1,5-6,8,23H2,2-3H3,(H,27,28)/t12-,14+,20+/m0/s1. The summed E-state index contributed by atoms with van der Waals surface area (Å²) in [5, 5.41) is 9.19. The number of halogens is 2. The molecule has 1 aliphatic heterocycles. The van der Waals surface area contributed by atoms with E-state index in [0.717, 1.165) is 12.3 Å². The molecule has 7 nitrogen and oxygen atoms in total. The molecule has 2 aromatic rings. The number of carboxylic acid groups (broad SMARTS) is 1. The van der Waals surface area contributed by atoms with Gasteiger partial charge in [-0.3, -0.25) is 4.79 Å². The average Bonchev–Trinajstić information content (AvgIpc) is 3.29. The lowest BCUT2D eigenvalue weighted by Crippen LogP contribution is -2.40. The van der Waals surface area contributed by atoms with Crippen molar-refractivity contribution >= 4 is 22.6 Å². The zero-order valence-electron chi connectivity index (χ0n) is 16.0. The molecule has 0 radical (unpaired) electrons. The minimum Gasteiger partial charge on any atom is -0.492 e. The number of anilines is 1. The molecule has 2 aliphatic rings. The van der Waals surface area contributed by atoms with E-state index in [0.29, 0.717) is 12.1 Å². The molecule has 2 fully saturated rings. The Labute approximate surface area is 165 Å². The summed E-state index contributed by atoms with van der Waals surface area (Å²) < 4.78 is 35.9. The SMILES string of the molecule is C=C1CN(c2c(F)cc3c(=O)c(C(=O)O)cn([C@@H]4C[C@@H]4F)c3c2OC)C[C@@]1(C)N. The Morgan fingerprint density at radius 3 is 2.62 bits per heavy atom. The van der Waals surface area contributed by atoms with Gasteiger partial charge >= 0.3 is 5.97 Å². The third-order valence-electron chi connectivity index (χ3n) is 5.70. The van der Waals surface area contributed by atoms with Crippen LogP contribution in [0.1, 0.15) is 29.7 Å². The maximum Gasteiger partial charge on any atom is 0.341 e. The molecule has 4 rings (SSSR count). The molecule has 2 heterocycles. The van der Waals surface area contributed by atoms with Gasteiger partial charge in [-0.2, -0.15) is 0 Å². The lowest BCUT2D eigenvalue weighted by atomic mass is 9.99. The summed E-state index contributed by atoms with van der Waals surface area (Å²) in [7, 11) is 1.32. The first kappa shape index (κ1) is 19.4. The van der Waals surface area contributed by atoms with Crippen LogP contribution < -0.4 is 20.8 Å². The van der Waals surface area contributed by atoms with E-state index < -0.39 is 40.5 Å². The van der Waals surface area contributed by atoms with Gasteiger partial charge in [0.15, 0.2) is 11.6 Å². The molecule has 1 saturated carbocycles. The maximum atomic E-state index is 15.2. The van der Waals surface area contributed by atoms with E-state index >= 15 is 4.39 Å². The zero-order valence-corrected chi connectivity index (χ0v) is 16.0. The predicted octanol–water partition coefficient (Wildman–Crippen LogP) is 2.22. The number of carboxylic acids is 1. The first-order valence-corrected chi connectivity index (χ1v) is 9.11. The second-order valence-corrected chi connectivity index (χ2v) is 7.92. The van der Waals surface area contributed by atoms with Gasteiger partial charge in [0.25, 0.3) is 0 Å². The van der Waals surface area contributed by atoms with Crippen molar-refractivity contribution in [3.8, 4) is 5.75 Å². The van der Waals surface area contributed by atoms with Crippen molar-refractivity contribution in [1.82, 2.24) is 4.57 Å². The summed E-state index contributed by atoms with van der Waals surface area (Å²) in [4.78, 5) is 25.9. The number of aromatic carboxylic acids is 1. The van der Waals surface area contributed by atoms with Crippen LogP contribution >= 0.6 is 0 Å². The van der Waals surface area contributed by atoms with Gasteiger partial charge in [-0.05, 0) is 18.6 Å². The molecule has 0 unspecified atom stereocenters. The van der Waals surface area contributed by atoms with Crippen LogP contribution in [0.15, 0.2) is 29.2 Å². The van der Waals surface area contributed by atoms with E-state index in [2.05, 4.69) is 6.58 Å². The minimum atomic E-state index is -1.46. The first-order valence-electron chi connectivity index (χ1n) is 9.11. The van der Waals surface area contributed by atoms with Crippen molar-refractivity contribution in [3.05, 3.63) is 46.0 Å². The fourth-order valence-electron chi connectivity index (χ4n) is 3.92. The van der Waals surface area contributed by atoms with Crippen LogP contribution in [0, 0.1) is 5.82 Å². The van der Waals surface area contributed by atoms with Crippen molar-refractivity contribution < 1.29 is 23.4 Å². The molecule has 154 valence electrons. The van der Waals surface area contributed by atoms with Crippen molar-refractivity contribution in [2.75, 3.05) is 25.1 Å². The predicted molar refractivity (Wildman–Crippen MR) is 104 cm³/mol. The topological polar surface area (TPSA) is 97.8 Å². The molecule has 0 bridgehead atoms. The normalized spacial score (nSPS) is 26.2. The number of rotatable bonds is 4. The molecular weight excluding hydrogens is 384 g/mol. The average molecular weight is 405 g/mol. The number of carbonyl (C=O) groups is 1. The Morgan fingerprint density at radius 1 is 1.48 bits per heavy atom. The summed E-state index contributed by atoms with van der Waals surface area (Å²) in [6.07, 6.45) is 0.102. The van der Waals surface area contributed by atoms with Crippen LogP contribution in [0.25, 0.3) is 10.9 Å². The van der Waals surface area contributed by atoms with Crippen LogP contribution in [0.5, 0.6) is 5.75 Å².